The summed E-state index contributed by atoms with van der Waals surface area (Å²) in [5.41, 5.74) is 3.69. The third-order valence-corrected chi connectivity index (χ3v) is 5.09. The molecule has 2 heterocycles. The molecule has 8 heteroatoms. The largest absolute Gasteiger partial charge is 0.478 e. The third-order valence-electron chi connectivity index (χ3n) is 5.09. The Bertz CT molecular complexity index is 885. The number of carbonyl (C=O) groups excluding carboxylic acids is 2. The SMILES string of the molecule is CC(=O)Nc1ccc2c(c1)CN(CCN1COc3ccc(NC(C)=O)cc3C1)CO2. The van der Waals surface area contributed by atoms with Crippen LogP contribution in [0.3, 0.4) is 0 Å². The van der Waals surface area contributed by atoms with Gasteiger partial charge in [-0.2, -0.15) is 0 Å². The number of hydrogen-bond donors (Lipinski definition) is 2. The molecule has 2 aliphatic rings. The maximum Gasteiger partial charge on any atom is 0.221 e. The molecule has 2 N–H and O–H groups in total. The smallest absolute Gasteiger partial charge is 0.221 e. The van der Waals surface area contributed by atoms with Crippen LogP contribution in [0.1, 0.15) is 25.0 Å². The van der Waals surface area contributed by atoms with Crippen molar-refractivity contribution < 1.29 is 19.1 Å². The van der Waals surface area contributed by atoms with Gasteiger partial charge in [0.15, 0.2) is 0 Å². The van der Waals surface area contributed by atoms with E-state index in [-0.39, 0.29) is 11.8 Å². The topological polar surface area (TPSA) is 83.1 Å². The fourth-order valence-electron chi connectivity index (χ4n) is 3.71. The number of carbonyl (C=O) groups is 2. The van der Waals surface area contributed by atoms with E-state index >= 15 is 0 Å². The van der Waals surface area contributed by atoms with Crippen LogP contribution < -0.4 is 20.1 Å². The van der Waals surface area contributed by atoms with Crippen molar-refractivity contribution >= 4 is 23.2 Å². The maximum absolute atomic E-state index is 11.3. The minimum Gasteiger partial charge on any atom is -0.478 e. The normalized spacial score (nSPS) is 15.9. The minimum atomic E-state index is -0.0874. The molecule has 158 valence electrons. The molecule has 0 spiro atoms. The lowest BCUT2D eigenvalue weighted by molar-refractivity contribution is -0.115. The zero-order chi connectivity index (χ0) is 21.1. The summed E-state index contributed by atoms with van der Waals surface area (Å²) in [6.45, 7) is 7.25. The van der Waals surface area contributed by atoms with E-state index in [2.05, 4.69) is 20.4 Å². The van der Waals surface area contributed by atoms with Crippen molar-refractivity contribution in [1.82, 2.24) is 9.80 Å². The monoisotopic (exact) mass is 410 g/mol. The number of fused-ring (bicyclic) bond motifs is 2. The van der Waals surface area contributed by atoms with Crippen molar-refractivity contribution in [2.45, 2.75) is 26.9 Å². The summed E-state index contributed by atoms with van der Waals surface area (Å²) >= 11 is 0. The zero-order valence-electron chi connectivity index (χ0n) is 17.2. The van der Waals surface area contributed by atoms with Crippen molar-refractivity contribution in [3.63, 3.8) is 0 Å². The molecule has 0 fully saturated rings. The van der Waals surface area contributed by atoms with Gasteiger partial charge in [-0.15, -0.1) is 0 Å². The lowest BCUT2D eigenvalue weighted by Gasteiger charge is -2.33. The first-order valence-corrected chi connectivity index (χ1v) is 9.97. The molecular weight excluding hydrogens is 384 g/mol. The second kappa shape index (κ2) is 8.73. The second-order valence-electron chi connectivity index (χ2n) is 7.66. The Morgan fingerprint density at radius 2 is 1.23 bits per heavy atom. The van der Waals surface area contributed by atoms with E-state index in [0.717, 1.165) is 60.2 Å². The Labute approximate surface area is 175 Å². The van der Waals surface area contributed by atoms with E-state index in [4.69, 9.17) is 9.47 Å². The van der Waals surface area contributed by atoms with Crippen molar-refractivity contribution in [3.05, 3.63) is 47.5 Å². The molecule has 8 nitrogen and oxygen atoms in total. The van der Waals surface area contributed by atoms with Gasteiger partial charge in [-0.25, -0.2) is 0 Å². The van der Waals surface area contributed by atoms with E-state index in [1.54, 1.807) is 0 Å². The van der Waals surface area contributed by atoms with Crippen LogP contribution in [-0.4, -0.2) is 48.2 Å². The van der Waals surface area contributed by atoms with Crippen LogP contribution in [0.25, 0.3) is 0 Å². The van der Waals surface area contributed by atoms with Crippen molar-refractivity contribution in [1.29, 1.82) is 0 Å². The maximum atomic E-state index is 11.3. The summed E-state index contributed by atoms with van der Waals surface area (Å²) in [4.78, 5) is 27.0. The molecule has 0 saturated heterocycles. The molecule has 0 atom stereocenters. The number of ether oxygens (including phenoxy) is 2. The average molecular weight is 410 g/mol. The fraction of sp³-hybridized carbons (Fsp3) is 0.364. The average Bonchev–Trinajstić information content (AvgIpc) is 2.70. The van der Waals surface area contributed by atoms with Gasteiger partial charge >= 0.3 is 0 Å². The highest BCUT2D eigenvalue weighted by molar-refractivity contribution is 5.89. The highest BCUT2D eigenvalue weighted by Gasteiger charge is 2.21. The summed E-state index contributed by atoms with van der Waals surface area (Å²) in [6.07, 6.45) is 0. The first-order chi connectivity index (χ1) is 14.5. The van der Waals surface area contributed by atoms with E-state index < -0.39 is 0 Å². The molecule has 0 bridgehead atoms. The van der Waals surface area contributed by atoms with E-state index in [1.807, 2.05) is 36.4 Å². The van der Waals surface area contributed by atoms with Crippen LogP contribution in [0.5, 0.6) is 11.5 Å². The van der Waals surface area contributed by atoms with Gasteiger partial charge in [-0.1, -0.05) is 0 Å². The Morgan fingerprint density at radius 1 is 0.800 bits per heavy atom. The van der Waals surface area contributed by atoms with Crippen molar-refractivity contribution in [2.75, 3.05) is 37.2 Å². The van der Waals surface area contributed by atoms with Crippen LogP contribution in [0.15, 0.2) is 36.4 Å². The Hall–Kier alpha value is -3.10. The Balaban J connectivity index is 1.34. The van der Waals surface area contributed by atoms with Crippen molar-refractivity contribution in [3.8, 4) is 11.5 Å². The molecular formula is C22H26N4O4. The van der Waals surface area contributed by atoms with Gasteiger partial charge < -0.3 is 20.1 Å². The molecule has 0 aliphatic carbocycles. The van der Waals surface area contributed by atoms with Crippen LogP contribution in [0, 0.1) is 0 Å². The van der Waals surface area contributed by atoms with E-state index in [9.17, 15) is 9.59 Å². The summed E-state index contributed by atoms with van der Waals surface area (Å²) in [5, 5.41) is 5.63. The molecule has 4 rings (SSSR count). The van der Waals surface area contributed by atoms with Gasteiger partial charge in [0, 0.05) is 62.5 Å². The molecule has 2 aromatic carbocycles. The Morgan fingerprint density at radius 3 is 1.63 bits per heavy atom. The molecule has 2 amide bonds. The molecule has 2 aliphatic heterocycles. The predicted octanol–water partition coefficient (Wildman–Crippen LogP) is 2.61. The molecule has 2 aromatic rings. The van der Waals surface area contributed by atoms with Gasteiger partial charge in [0.2, 0.25) is 11.8 Å². The van der Waals surface area contributed by atoms with Gasteiger partial charge in [0.05, 0.1) is 0 Å². The molecule has 0 saturated carbocycles. The second-order valence-corrected chi connectivity index (χ2v) is 7.66. The Kier molecular flexibility index (Phi) is 5.87. The molecule has 0 aromatic heterocycles. The number of benzene rings is 2. The van der Waals surface area contributed by atoms with E-state index in [0.29, 0.717) is 13.5 Å². The number of hydrogen-bond acceptors (Lipinski definition) is 6. The standard InChI is InChI=1S/C22H26N4O4/c1-15(27)23-19-3-5-21-17(9-19)11-25(13-29-21)7-8-26-12-18-10-20(24-16(2)28)4-6-22(18)30-14-26/h3-6,9-10H,7-8,11-14H2,1-2H3,(H,23,27)(H,24,28). The van der Waals surface area contributed by atoms with Crippen LogP contribution in [-0.2, 0) is 22.7 Å². The number of nitrogens with zero attached hydrogens (tertiary/aromatic N) is 2. The zero-order valence-corrected chi connectivity index (χ0v) is 17.2. The van der Waals surface area contributed by atoms with Crippen LogP contribution in [0.2, 0.25) is 0 Å². The van der Waals surface area contributed by atoms with Gasteiger partial charge in [-0.3, -0.25) is 19.4 Å². The first-order valence-electron chi connectivity index (χ1n) is 9.97. The van der Waals surface area contributed by atoms with Crippen LogP contribution >= 0.6 is 0 Å². The summed E-state index contributed by atoms with van der Waals surface area (Å²) in [5.74, 6) is 1.55. The molecule has 0 radical (unpaired) electrons. The fourth-order valence-corrected chi connectivity index (χ4v) is 3.71. The number of rotatable bonds is 5. The predicted molar refractivity (Wildman–Crippen MR) is 113 cm³/mol. The van der Waals surface area contributed by atoms with Gasteiger partial charge in [-0.05, 0) is 36.4 Å². The minimum absolute atomic E-state index is 0.0874. The highest BCUT2D eigenvalue weighted by atomic mass is 16.5. The number of anilines is 2. The quantitative estimate of drug-likeness (QED) is 0.789. The first kappa shape index (κ1) is 20.2. The lowest BCUT2D eigenvalue weighted by atomic mass is 10.1. The van der Waals surface area contributed by atoms with Crippen LogP contribution in [0.4, 0.5) is 11.4 Å². The van der Waals surface area contributed by atoms with Gasteiger partial charge in [0.1, 0.15) is 25.0 Å². The summed E-state index contributed by atoms with van der Waals surface area (Å²) in [7, 11) is 0. The van der Waals surface area contributed by atoms with Crippen molar-refractivity contribution in [2.24, 2.45) is 0 Å². The summed E-state index contributed by atoms with van der Waals surface area (Å²) < 4.78 is 11.7. The number of nitrogens with one attached hydrogen (secondary N) is 2. The summed E-state index contributed by atoms with van der Waals surface area (Å²) in [6, 6.07) is 11.4. The van der Waals surface area contributed by atoms with Gasteiger partial charge in [0.25, 0.3) is 0 Å². The molecule has 30 heavy (non-hydrogen) atoms. The lowest BCUT2D eigenvalue weighted by Crippen LogP contribution is -2.41. The highest BCUT2D eigenvalue weighted by Crippen LogP contribution is 2.29. The third kappa shape index (κ3) is 4.90. The number of amides is 2. The van der Waals surface area contributed by atoms with E-state index in [1.165, 1.54) is 13.8 Å². The molecule has 0 unspecified atom stereocenters.